The maximum atomic E-state index is 11.9. The SMILES string of the molecule is CC(C(=O)NCC(=O)N(C)C)C(N)c1ccccc1.Cl. The fourth-order valence-electron chi connectivity index (χ4n) is 1.61. The second kappa shape index (κ2) is 8.55. The second-order valence-corrected chi connectivity index (χ2v) is 4.73. The molecule has 2 atom stereocenters. The van der Waals surface area contributed by atoms with Crippen LogP contribution in [0.2, 0.25) is 0 Å². The summed E-state index contributed by atoms with van der Waals surface area (Å²) in [6.45, 7) is 1.75. The molecule has 1 aromatic carbocycles. The van der Waals surface area contributed by atoms with Crippen molar-refractivity contribution < 1.29 is 9.59 Å². The van der Waals surface area contributed by atoms with Gasteiger partial charge in [0.1, 0.15) is 0 Å². The Kier molecular flexibility index (Phi) is 7.87. The third-order valence-corrected chi connectivity index (χ3v) is 3.05. The summed E-state index contributed by atoms with van der Waals surface area (Å²) >= 11 is 0. The molecule has 0 spiro atoms. The Balaban J connectivity index is 0.00000361. The van der Waals surface area contributed by atoms with Gasteiger partial charge in [0, 0.05) is 20.1 Å². The van der Waals surface area contributed by atoms with E-state index in [2.05, 4.69) is 5.32 Å². The normalized spacial score (nSPS) is 12.8. The second-order valence-electron chi connectivity index (χ2n) is 4.73. The number of rotatable bonds is 5. The van der Waals surface area contributed by atoms with Gasteiger partial charge in [-0.3, -0.25) is 9.59 Å². The van der Waals surface area contributed by atoms with Crippen LogP contribution >= 0.6 is 12.4 Å². The number of nitrogens with two attached hydrogens (primary N) is 1. The van der Waals surface area contributed by atoms with E-state index in [0.29, 0.717) is 0 Å². The number of hydrogen-bond acceptors (Lipinski definition) is 3. The van der Waals surface area contributed by atoms with Crippen LogP contribution in [0.4, 0.5) is 0 Å². The van der Waals surface area contributed by atoms with Gasteiger partial charge < -0.3 is 16.0 Å². The lowest BCUT2D eigenvalue weighted by Gasteiger charge is -2.20. The molecule has 0 aromatic heterocycles. The molecule has 6 heteroatoms. The van der Waals surface area contributed by atoms with E-state index in [4.69, 9.17) is 5.73 Å². The first kappa shape index (κ1) is 18.4. The standard InChI is InChI=1S/C14H21N3O2.ClH/c1-10(13(15)11-7-5-4-6-8-11)14(19)16-9-12(18)17(2)3;/h4-8,10,13H,9,15H2,1-3H3,(H,16,19);1H. The van der Waals surface area contributed by atoms with Gasteiger partial charge >= 0.3 is 0 Å². The predicted octanol–water partition coefficient (Wildman–Crippen LogP) is 0.949. The van der Waals surface area contributed by atoms with E-state index < -0.39 is 5.92 Å². The van der Waals surface area contributed by atoms with Gasteiger partial charge in [-0.1, -0.05) is 37.3 Å². The van der Waals surface area contributed by atoms with Gasteiger partial charge in [0.25, 0.3) is 0 Å². The molecule has 20 heavy (non-hydrogen) atoms. The first-order valence-corrected chi connectivity index (χ1v) is 6.22. The Morgan fingerprint density at radius 1 is 1.25 bits per heavy atom. The predicted molar refractivity (Wildman–Crippen MR) is 81.5 cm³/mol. The van der Waals surface area contributed by atoms with Crippen molar-refractivity contribution in [3.63, 3.8) is 0 Å². The lowest BCUT2D eigenvalue weighted by Crippen LogP contribution is -2.41. The van der Waals surface area contributed by atoms with Crippen LogP contribution < -0.4 is 11.1 Å². The fourth-order valence-corrected chi connectivity index (χ4v) is 1.61. The van der Waals surface area contributed by atoms with Crippen molar-refractivity contribution in [2.75, 3.05) is 20.6 Å². The van der Waals surface area contributed by atoms with Crippen LogP contribution in [0, 0.1) is 5.92 Å². The maximum Gasteiger partial charge on any atom is 0.241 e. The largest absolute Gasteiger partial charge is 0.347 e. The third kappa shape index (κ3) is 5.19. The maximum absolute atomic E-state index is 11.9. The van der Waals surface area contributed by atoms with Crippen LogP contribution in [0.15, 0.2) is 30.3 Å². The average Bonchev–Trinajstić information content (AvgIpc) is 2.43. The Hall–Kier alpha value is -1.59. The Labute approximate surface area is 125 Å². The zero-order valence-corrected chi connectivity index (χ0v) is 12.8. The molecule has 0 bridgehead atoms. The molecular formula is C14H22ClN3O2. The zero-order chi connectivity index (χ0) is 14.4. The number of likely N-dealkylation sites (N-methyl/N-ethyl adjacent to an activating group) is 1. The van der Waals surface area contributed by atoms with Crippen molar-refractivity contribution >= 4 is 24.2 Å². The van der Waals surface area contributed by atoms with Crippen molar-refractivity contribution in [1.29, 1.82) is 0 Å². The summed E-state index contributed by atoms with van der Waals surface area (Å²) in [6, 6.07) is 9.07. The van der Waals surface area contributed by atoms with Crippen molar-refractivity contribution in [2.24, 2.45) is 11.7 Å². The Morgan fingerprint density at radius 3 is 2.30 bits per heavy atom. The van der Waals surface area contributed by atoms with Crippen LogP contribution in [0.1, 0.15) is 18.5 Å². The van der Waals surface area contributed by atoms with Crippen LogP contribution in [0.3, 0.4) is 0 Å². The number of carbonyl (C=O) groups excluding carboxylic acids is 2. The smallest absolute Gasteiger partial charge is 0.241 e. The van der Waals surface area contributed by atoms with E-state index in [-0.39, 0.29) is 36.8 Å². The summed E-state index contributed by atoms with van der Waals surface area (Å²) in [5, 5.41) is 2.60. The molecule has 0 aliphatic carbocycles. The first-order chi connectivity index (χ1) is 8.93. The van der Waals surface area contributed by atoms with E-state index in [0.717, 1.165) is 5.56 Å². The zero-order valence-electron chi connectivity index (χ0n) is 12.0. The Morgan fingerprint density at radius 2 is 1.80 bits per heavy atom. The van der Waals surface area contributed by atoms with Crippen LogP contribution in [-0.4, -0.2) is 37.4 Å². The van der Waals surface area contributed by atoms with Gasteiger partial charge in [-0.2, -0.15) is 0 Å². The van der Waals surface area contributed by atoms with Gasteiger partial charge in [0.15, 0.2) is 0 Å². The minimum Gasteiger partial charge on any atom is -0.347 e. The van der Waals surface area contributed by atoms with Crippen molar-refractivity contribution in [1.82, 2.24) is 10.2 Å². The van der Waals surface area contributed by atoms with E-state index in [1.165, 1.54) is 4.90 Å². The Bertz CT molecular complexity index is 437. The number of benzene rings is 1. The van der Waals surface area contributed by atoms with Crippen molar-refractivity contribution in [2.45, 2.75) is 13.0 Å². The van der Waals surface area contributed by atoms with E-state index in [1.807, 2.05) is 30.3 Å². The molecule has 0 aliphatic rings. The highest BCUT2D eigenvalue weighted by Crippen LogP contribution is 2.18. The molecule has 3 N–H and O–H groups in total. The van der Waals surface area contributed by atoms with Crippen LogP contribution in [0.5, 0.6) is 0 Å². The van der Waals surface area contributed by atoms with Gasteiger partial charge in [0.2, 0.25) is 11.8 Å². The number of amides is 2. The fraction of sp³-hybridized carbons (Fsp3) is 0.429. The molecule has 112 valence electrons. The minimum absolute atomic E-state index is 0. The highest BCUT2D eigenvalue weighted by molar-refractivity contribution is 5.86. The quantitative estimate of drug-likeness (QED) is 0.850. The van der Waals surface area contributed by atoms with Crippen LogP contribution in [-0.2, 0) is 9.59 Å². The lowest BCUT2D eigenvalue weighted by molar-refractivity contribution is -0.132. The number of carbonyl (C=O) groups is 2. The third-order valence-electron chi connectivity index (χ3n) is 3.05. The molecule has 1 rings (SSSR count). The summed E-state index contributed by atoms with van der Waals surface area (Å²) in [5.41, 5.74) is 6.96. The average molecular weight is 300 g/mol. The summed E-state index contributed by atoms with van der Waals surface area (Å²) in [7, 11) is 3.29. The molecule has 2 unspecified atom stereocenters. The lowest BCUT2D eigenvalue weighted by atomic mass is 9.95. The highest BCUT2D eigenvalue weighted by atomic mass is 35.5. The molecule has 0 fully saturated rings. The number of halogens is 1. The molecule has 2 amide bonds. The van der Waals surface area contributed by atoms with Gasteiger partial charge in [-0.25, -0.2) is 0 Å². The first-order valence-electron chi connectivity index (χ1n) is 6.22. The number of hydrogen-bond donors (Lipinski definition) is 2. The molecule has 0 heterocycles. The highest BCUT2D eigenvalue weighted by Gasteiger charge is 2.22. The van der Waals surface area contributed by atoms with Crippen molar-refractivity contribution in [3.8, 4) is 0 Å². The number of nitrogens with one attached hydrogen (secondary N) is 1. The van der Waals surface area contributed by atoms with E-state index in [9.17, 15) is 9.59 Å². The summed E-state index contributed by atoms with van der Waals surface area (Å²) in [5.74, 6) is -0.752. The monoisotopic (exact) mass is 299 g/mol. The van der Waals surface area contributed by atoms with Gasteiger partial charge in [-0.15, -0.1) is 12.4 Å². The van der Waals surface area contributed by atoms with Gasteiger partial charge in [0.05, 0.1) is 12.5 Å². The molecule has 0 radical (unpaired) electrons. The molecule has 0 saturated heterocycles. The topological polar surface area (TPSA) is 75.4 Å². The summed E-state index contributed by atoms with van der Waals surface area (Å²) < 4.78 is 0. The molecule has 0 saturated carbocycles. The van der Waals surface area contributed by atoms with E-state index >= 15 is 0 Å². The van der Waals surface area contributed by atoms with Crippen LogP contribution in [0.25, 0.3) is 0 Å². The molecule has 1 aromatic rings. The summed E-state index contributed by atoms with van der Waals surface area (Å²) in [4.78, 5) is 24.7. The molecule has 0 aliphatic heterocycles. The summed E-state index contributed by atoms with van der Waals surface area (Å²) in [6.07, 6.45) is 0. The molecule has 5 nitrogen and oxygen atoms in total. The minimum atomic E-state index is -0.391. The van der Waals surface area contributed by atoms with Gasteiger partial charge in [-0.05, 0) is 5.56 Å². The van der Waals surface area contributed by atoms with E-state index in [1.54, 1.807) is 21.0 Å². The van der Waals surface area contributed by atoms with Crippen molar-refractivity contribution in [3.05, 3.63) is 35.9 Å². The number of nitrogens with zero attached hydrogens (tertiary/aromatic N) is 1. The molecular weight excluding hydrogens is 278 g/mol.